The molecule has 4 heterocycles. The van der Waals surface area contributed by atoms with E-state index in [0.29, 0.717) is 23.6 Å². The summed E-state index contributed by atoms with van der Waals surface area (Å²) in [6, 6.07) is 21.1. The van der Waals surface area contributed by atoms with Gasteiger partial charge < -0.3 is 15.3 Å². The number of anilines is 1. The van der Waals surface area contributed by atoms with Crippen LogP contribution in [-0.2, 0) is 0 Å². The Morgan fingerprint density at radius 2 is 1.74 bits per heavy atom. The molecule has 200 valence electrons. The zero-order valence-corrected chi connectivity index (χ0v) is 22.1. The third-order valence-electron chi connectivity index (χ3n) is 9.14. The Kier molecular flexibility index (Phi) is 6.31. The molecule has 1 aliphatic carbocycles. The molecule has 0 spiro atoms. The van der Waals surface area contributed by atoms with Crippen LogP contribution in [0.15, 0.2) is 66.9 Å². The number of benzene rings is 2. The number of pyridine rings is 1. The molecule has 3 N–H and O–H groups in total. The van der Waals surface area contributed by atoms with Crippen LogP contribution in [0.3, 0.4) is 0 Å². The maximum Gasteiger partial charge on any atom is 0.251 e. The molecule has 4 aromatic rings. The first-order valence-corrected chi connectivity index (χ1v) is 14.4. The summed E-state index contributed by atoms with van der Waals surface area (Å²) in [7, 11) is 0. The number of aliphatic hydroxyl groups is 1. The van der Waals surface area contributed by atoms with Gasteiger partial charge in [0.05, 0.1) is 29.1 Å². The van der Waals surface area contributed by atoms with Crippen molar-refractivity contribution in [3.05, 3.63) is 78.1 Å². The van der Waals surface area contributed by atoms with Gasteiger partial charge in [0.1, 0.15) is 0 Å². The Labute approximate surface area is 228 Å². The second-order valence-electron chi connectivity index (χ2n) is 11.5. The summed E-state index contributed by atoms with van der Waals surface area (Å²) in [6.45, 7) is 0. The number of nitrogens with zero attached hydrogens (tertiary/aromatic N) is 3. The van der Waals surface area contributed by atoms with Gasteiger partial charge >= 0.3 is 0 Å². The van der Waals surface area contributed by atoms with Crippen LogP contribution in [0.1, 0.15) is 73.5 Å². The molecule has 2 bridgehead atoms. The zero-order valence-electron chi connectivity index (χ0n) is 22.1. The van der Waals surface area contributed by atoms with Crippen molar-refractivity contribution < 1.29 is 9.90 Å². The predicted molar refractivity (Wildman–Crippen MR) is 152 cm³/mol. The van der Waals surface area contributed by atoms with E-state index in [0.717, 1.165) is 66.4 Å². The molecule has 3 aliphatic rings. The third-order valence-corrected chi connectivity index (χ3v) is 9.14. The van der Waals surface area contributed by atoms with Crippen LogP contribution in [0, 0.1) is 5.92 Å². The van der Waals surface area contributed by atoms with Gasteiger partial charge in [0.2, 0.25) is 0 Å². The average Bonchev–Trinajstić information content (AvgIpc) is 3.70. The summed E-state index contributed by atoms with van der Waals surface area (Å²) in [5, 5.41) is 22.2. The Hall–Kier alpha value is -3.71. The fraction of sp³-hybridized carbons (Fsp3) is 0.406. The maximum atomic E-state index is 13.5. The first-order valence-electron chi connectivity index (χ1n) is 14.4. The van der Waals surface area contributed by atoms with Crippen LogP contribution in [0.25, 0.3) is 22.2 Å². The number of rotatable bonds is 6. The van der Waals surface area contributed by atoms with Gasteiger partial charge in [-0.25, -0.2) is 0 Å². The molecule has 3 unspecified atom stereocenters. The molecular formula is C32H35N5O2. The minimum absolute atomic E-state index is 0.0790. The standard InChI is InChI=1S/C32H35N5O2/c38-26-18-24-13-14-25(19-26)37(24)23-11-8-21(9-12-23)30-27-17-22(10-15-28(27)35-36-30)32(39)34-31(20-5-1-2-6-20)29-7-3-4-16-33-29/h3-4,7-12,15-17,20,24-26,31,38H,1-2,5-6,13-14,18-19H2,(H,34,39)(H,35,36). The molecule has 7 nitrogen and oxygen atoms in total. The number of H-pyrrole nitrogens is 1. The van der Waals surface area contributed by atoms with Crippen LogP contribution in [-0.4, -0.2) is 44.4 Å². The molecule has 1 amide bonds. The molecular weight excluding hydrogens is 486 g/mol. The molecule has 1 saturated carbocycles. The smallest absolute Gasteiger partial charge is 0.251 e. The number of aromatic nitrogens is 3. The number of fused-ring (bicyclic) bond motifs is 3. The van der Waals surface area contributed by atoms with E-state index in [4.69, 9.17) is 0 Å². The number of hydrogen-bond acceptors (Lipinski definition) is 5. The molecule has 7 rings (SSSR count). The number of piperidine rings is 1. The first-order chi connectivity index (χ1) is 19.1. The summed E-state index contributed by atoms with van der Waals surface area (Å²) < 4.78 is 0. The Balaban J connectivity index is 1.14. The molecule has 2 aromatic carbocycles. The van der Waals surface area contributed by atoms with Crippen molar-refractivity contribution in [1.82, 2.24) is 20.5 Å². The van der Waals surface area contributed by atoms with Crippen LogP contribution in [0.5, 0.6) is 0 Å². The number of carbonyl (C=O) groups is 1. The lowest BCUT2D eigenvalue weighted by atomic mass is 9.94. The van der Waals surface area contributed by atoms with E-state index >= 15 is 0 Å². The predicted octanol–water partition coefficient (Wildman–Crippen LogP) is 5.78. The fourth-order valence-electron chi connectivity index (χ4n) is 7.25. The second kappa shape index (κ2) is 10.1. The van der Waals surface area contributed by atoms with Gasteiger partial charge in [-0.2, -0.15) is 5.10 Å². The van der Waals surface area contributed by atoms with Gasteiger partial charge in [-0.05, 0) is 86.9 Å². The van der Waals surface area contributed by atoms with Gasteiger partial charge in [0.15, 0.2) is 0 Å². The highest BCUT2D eigenvalue weighted by atomic mass is 16.3. The van der Waals surface area contributed by atoms with E-state index in [2.05, 4.69) is 49.7 Å². The quantitative estimate of drug-likeness (QED) is 0.299. The molecule has 2 aliphatic heterocycles. The summed E-state index contributed by atoms with van der Waals surface area (Å²) >= 11 is 0. The maximum absolute atomic E-state index is 13.5. The first kappa shape index (κ1) is 24.3. The molecule has 2 aromatic heterocycles. The monoisotopic (exact) mass is 521 g/mol. The van der Waals surface area contributed by atoms with Gasteiger partial charge in [0, 0.05) is 40.5 Å². The largest absolute Gasteiger partial charge is 0.393 e. The number of carbonyl (C=O) groups excluding carboxylic acids is 1. The SMILES string of the molecule is O=C(NC(c1ccccn1)C1CCCC1)c1ccc2[nH]nc(-c3ccc(N4C5CCC4CC(O)C5)cc3)c2c1. The highest BCUT2D eigenvalue weighted by molar-refractivity contribution is 6.01. The molecule has 3 fully saturated rings. The topological polar surface area (TPSA) is 94.1 Å². The van der Waals surface area contributed by atoms with Crippen LogP contribution in [0.2, 0.25) is 0 Å². The van der Waals surface area contributed by atoms with E-state index in [1.54, 1.807) is 6.20 Å². The normalized spacial score (nSPS) is 23.8. The minimum atomic E-state index is -0.169. The lowest BCUT2D eigenvalue weighted by Gasteiger charge is -2.39. The lowest BCUT2D eigenvalue weighted by molar-refractivity contribution is 0.0920. The molecule has 0 radical (unpaired) electrons. The number of aliphatic hydroxyl groups excluding tert-OH is 1. The molecule has 7 heteroatoms. The Morgan fingerprint density at radius 1 is 0.974 bits per heavy atom. The van der Waals surface area contributed by atoms with Crippen molar-refractivity contribution in [2.24, 2.45) is 5.92 Å². The van der Waals surface area contributed by atoms with E-state index in [9.17, 15) is 9.90 Å². The molecule has 39 heavy (non-hydrogen) atoms. The van der Waals surface area contributed by atoms with Gasteiger partial charge in [-0.3, -0.25) is 14.9 Å². The van der Waals surface area contributed by atoms with Gasteiger partial charge in [0.25, 0.3) is 5.91 Å². The van der Waals surface area contributed by atoms with Gasteiger partial charge in [-0.15, -0.1) is 0 Å². The number of nitrogens with one attached hydrogen (secondary N) is 2. The summed E-state index contributed by atoms with van der Waals surface area (Å²) in [5.74, 6) is 0.332. The second-order valence-corrected chi connectivity index (χ2v) is 11.5. The van der Waals surface area contributed by atoms with Crippen molar-refractivity contribution in [2.75, 3.05) is 4.90 Å². The fourth-order valence-corrected chi connectivity index (χ4v) is 7.25. The average molecular weight is 522 g/mol. The Morgan fingerprint density at radius 3 is 2.46 bits per heavy atom. The lowest BCUT2D eigenvalue weighted by Crippen LogP contribution is -2.44. The van der Waals surface area contributed by atoms with Crippen molar-refractivity contribution in [3.8, 4) is 11.3 Å². The van der Waals surface area contributed by atoms with E-state index in [-0.39, 0.29) is 18.1 Å². The van der Waals surface area contributed by atoms with Crippen molar-refractivity contribution in [3.63, 3.8) is 0 Å². The van der Waals surface area contributed by atoms with Crippen LogP contribution >= 0.6 is 0 Å². The van der Waals surface area contributed by atoms with Crippen molar-refractivity contribution >= 4 is 22.5 Å². The highest BCUT2D eigenvalue weighted by Crippen LogP contribution is 2.40. The Bertz CT molecular complexity index is 1450. The number of aromatic amines is 1. The molecule has 2 saturated heterocycles. The van der Waals surface area contributed by atoms with Crippen LogP contribution in [0.4, 0.5) is 5.69 Å². The van der Waals surface area contributed by atoms with E-state index in [1.165, 1.54) is 18.5 Å². The van der Waals surface area contributed by atoms with Crippen LogP contribution < -0.4 is 10.2 Å². The minimum Gasteiger partial charge on any atom is -0.393 e. The van der Waals surface area contributed by atoms with E-state index in [1.807, 2.05) is 36.4 Å². The summed E-state index contributed by atoms with van der Waals surface area (Å²) in [5.41, 5.74) is 5.55. The number of amides is 1. The van der Waals surface area contributed by atoms with Crippen molar-refractivity contribution in [1.29, 1.82) is 0 Å². The third kappa shape index (κ3) is 4.59. The van der Waals surface area contributed by atoms with Gasteiger partial charge in [-0.1, -0.05) is 31.0 Å². The summed E-state index contributed by atoms with van der Waals surface area (Å²) in [4.78, 5) is 20.6. The van der Waals surface area contributed by atoms with E-state index < -0.39 is 0 Å². The highest BCUT2D eigenvalue weighted by Gasteiger charge is 2.40. The zero-order chi connectivity index (χ0) is 26.3. The van der Waals surface area contributed by atoms with Crippen molar-refractivity contribution in [2.45, 2.75) is 75.6 Å². The number of hydrogen-bond donors (Lipinski definition) is 3. The summed E-state index contributed by atoms with van der Waals surface area (Å²) in [6.07, 6.45) is 10.3. The molecule has 3 atom stereocenters.